The second-order valence-electron chi connectivity index (χ2n) is 8.01. The third kappa shape index (κ3) is 6.91. The van der Waals surface area contributed by atoms with Crippen LogP contribution in [0.4, 0.5) is 4.39 Å². The number of alkyl halides is 1. The lowest BCUT2D eigenvalue weighted by molar-refractivity contribution is -0.142. The van der Waals surface area contributed by atoms with E-state index in [1.54, 1.807) is 4.90 Å². The van der Waals surface area contributed by atoms with Crippen LogP contribution in [-0.2, 0) is 14.4 Å². The molecule has 1 aliphatic rings. The molecule has 0 aromatic carbocycles. The maximum atomic E-state index is 13.0. The minimum absolute atomic E-state index is 0.0146. The number of halogens is 1. The summed E-state index contributed by atoms with van der Waals surface area (Å²) in [6.45, 7) is 9.55. The molecular formula is C21H36FN3O3. The zero-order valence-corrected chi connectivity index (χ0v) is 17.5. The van der Waals surface area contributed by atoms with Gasteiger partial charge in [-0.25, -0.2) is 4.39 Å². The molecule has 0 spiro atoms. The highest BCUT2D eigenvalue weighted by atomic mass is 19.1. The number of nitrogens with two attached hydrogens (primary N) is 1. The first-order chi connectivity index (χ1) is 13.2. The summed E-state index contributed by atoms with van der Waals surface area (Å²) >= 11 is 0. The summed E-state index contributed by atoms with van der Waals surface area (Å²) in [5.41, 5.74) is 5.44. The van der Waals surface area contributed by atoms with Crippen molar-refractivity contribution in [2.45, 2.75) is 65.3 Å². The molecular weight excluding hydrogens is 361 g/mol. The largest absolute Gasteiger partial charge is 0.386 e. The van der Waals surface area contributed by atoms with E-state index in [2.05, 4.69) is 11.9 Å². The quantitative estimate of drug-likeness (QED) is 0.466. The number of ketones is 2. The Kier molecular flexibility index (Phi) is 10.2. The number of carbonyl (C=O) groups excluding carboxylic acids is 3. The van der Waals surface area contributed by atoms with E-state index in [-0.39, 0.29) is 29.9 Å². The highest BCUT2D eigenvalue weighted by molar-refractivity contribution is 5.94. The fraction of sp³-hybridized carbons (Fsp3) is 0.762. The van der Waals surface area contributed by atoms with Crippen molar-refractivity contribution in [1.29, 1.82) is 0 Å². The summed E-state index contributed by atoms with van der Waals surface area (Å²) in [5, 5.41) is 2.86. The molecule has 0 aromatic rings. The smallest absolute Gasteiger partial charge is 0.226 e. The van der Waals surface area contributed by atoms with Gasteiger partial charge in [0.15, 0.2) is 11.6 Å². The summed E-state index contributed by atoms with van der Waals surface area (Å²) in [6, 6.07) is -0.489. The van der Waals surface area contributed by atoms with Crippen molar-refractivity contribution in [2.24, 2.45) is 23.5 Å². The predicted octanol–water partition coefficient (Wildman–Crippen LogP) is 2.57. The van der Waals surface area contributed by atoms with Gasteiger partial charge in [-0.2, -0.15) is 0 Å². The second-order valence-corrected chi connectivity index (χ2v) is 8.01. The number of hydrogen-bond donors (Lipinski definition) is 2. The summed E-state index contributed by atoms with van der Waals surface area (Å²) in [7, 11) is 0. The Hall–Kier alpha value is -1.92. The Morgan fingerprint density at radius 3 is 2.54 bits per heavy atom. The molecule has 3 N–H and O–H groups in total. The molecule has 7 heteroatoms. The van der Waals surface area contributed by atoms with Crippen molar-refractivity contribution in [3.8, 4) is 0 Å². The van der Waals surface area contributed by atoms with Gasteiger partial charge in [-0.1, -0.05) is 27.4 Å². The molecule has 1 heterocycles. The third-order valence-corrected chi connectivity index (χ3v) is 5.59. The first-order valence-electron chi connectivity index (χ1n) is 10.3. The Bertz CT molecular complexity index is 565. The topological polar surface area (TPSA) is 92.5 Å². The lowest BCUT2D eigenvalue weighted by atomic mass is 9.89. The van der Waals surface area contributed by atoms with Gasteiger partial charge in [0.2, 0.25) is 5.91 Å². The SMILES string of the molecule is C=C(N)NCCC[C@H](CC(=O)[C@@H]1CCCN1C(=O)[C@@H](CC)C(C)C)C(=O)CF. The third-order valence-electron chi connectivity index (χ3n) is 5.59. The van der Waals surface area contributed by atoms with Crippen LogP contribution in [0.25, 0.3) is 0 Å². The number of amides is 1. The number of nitrogens with zero attached hydrogens (tertiary/aromatic N) is 1. The lowest BCUT2D eigenvalue weighted by Gasteiger charge is -2.30. The molecule has 1 saturated heterocycles. The van der Waals surface area contributed by atoms with E-state index in [1.165, 1.54) is 0 Å². The van der Waals surface area contributed by atoms with Crippen LogP contribution in [0, 0.1) is 17.8 Å². The van der Waals surface area contributed by atoms with Crippen LogP contribution >= 0.6 is 0 Å². The van der Waals surface area contributed by atoms with Crippen molar-refractivity contribution >= 4 is 17.5 Å². The van der Waals surface area contributed by atoms with Gasteiger partial charge >= 0.3 is 0 Å². The minimum atomic E-state index is -1.08. The summed E-state index contributed by atoms with van der Waals surface area (Å²) < 4.78 is 13.0. The van der Waals surface area contributed by atoms with Crippen LogP contribution in [0.15, 0.2) is 12.4 Å². The second kappa shape index (κ2) is 11.8. The fourth-order valence-electron chi connectivity index (χ4n) is 3.97. The Balaban J connectivity index is 2.75. The van der Waals surface area contributed by atoms with Crippen LogP contribution in [0.2, 0.25) is 0 Å². The van der Waals surface area contributed by atoms with Crippen molar-refractivity contribution in [3.63, 3.8) is 0 Å². The first-order valence-corrected chi connectivity index (χ1v) is 10.3. The average Bonchev–Trinajstić information content (AvgIpc) is 3.13. The first kappa shape index (κ1) is 24.1. The van der Waals surface area contributed by atoms with Crippen LogP contribution in [-0.4, -0.2) is 48.2 Å². The molecule has 160 valence electrons. The average molecular weight is 398 g/mol. The van der Waals surface area contributed by atoms with Gasteiger partial charge in [0.25, 0.3) is 0 Å². The van der Waals surface area contributed by atoms with Gasteiger partial charge in [0.05, 0.1) is 11.9 Å². The van der Waals surface area contributed by atoms with E-state index < -0.39 is 24.4 Å². The molecule has 0 aromatic heterocycles. The Morgan fingerprint density at radius 1 is 1.32 bits per heavy atom. The Morgan fingerprint density at radius 2 is 2.00 bits per heavy atom. The van der Waals surface area contributed by atoms with E-state index in [4.69, 9.17) is 5.73 Å². The van der Waals surface area contributed by atoms with Gasteiger partial charge in [0.1, 0.15) is 6.67 Å². The van der Waals surface area contributed by atoms with Crippen LogP contribution < -0.4 is 11.1 Å². The predicted molar refractivity (Wildman–Crippen MR) is 108 cm³/mol. The van der Waals surface area contributed by atoms with Crippen LogP contribution in [0.3, 0.4) is 0 Å². The van der Waals surface area contributed by atoms with Gasteiger partial charge in [-0.3, -0.25) is 14.4 Å². The summed E-state index contributed by atoms with van der Waals surface area (Å²) in [4.78, 5) is 39.5. The van der Waals surface area contributed by atoms with E-state index in [0.29, 0.717) is 38.2 Å². The number of likely N-dealkylation sites (tertiary alicyclic amines) is 1. The Labute approximate surface area is 168 Å². The van der Waals surface area contributed by atoms with Crippen molar-refractivity contribution in [3.05, 3.63) is 12.4 Å². The lowest BCUT2D eigenvalue weighted by Crippen LogP contribution is -2.45. The van der Waals surface area contributed by atoms with Gasteiger partial charge in [-0.15, -0.1) is 0 Å². The van der Waals surface area contributed by atoms with Crippen LogP contribution in [0.1, 0.15) is 59.3 Å². The molecule has 1 rings (SSSR count). The van der Waals surface area contributed by atoms with Crippen molar-refractivity contribution in [1.82, 2.24) is 10.2 Å². The molecule has 1 fully saturated rings. The number of nitrogens with one attached hydrogen (secondary N) is 1. The highest BCUT2D eigenvalue weighted by Gasteiger charge is 2.38. The standard InChI is InChI=1S/C21H36FN3O3/c1-5-17(14(2)3)21(28)25-11-7-9-18(25)19(26)12-16(20(27)13-22)8-6-10-24-15(4)23/h14,16-18,24H,4-13,23H2,1-3H3/t16-,17+,18+/m1/s1. The highest BCUT2D eigenvalue weighted by Crippen LogP contribution is 2.27. The molecule has 1 aliphatic heterocycles. The number of rotatable bonds is 13. The molecule has 6 nitrogen and oxygen atoms in total. The molecule has 28 heavy (non-hydrogen) atoms. The maximum absolute atomic E-state index is 13.0. The summed E-state index contributed by atoms with van der Waals surface area (Å²) in [6.07, 6.45) is 3.10. The van der Waals surface area contributed by atoms with Crippen LogP contribution in [0.5, 0.6) is 0 Å². The monoisotopic (exact) mass is 397 g/mol. The molecule has 1 amide bonds. The molecule has 0 bridgehead atoms. The molecule has 0 saturated carbocycles. The zero-order chi connectivity index (χ0) is 21.3. The molecule has 3 atom stereocenters. The number of hydrogen-bond acceptors (Lipinski definition) is 5. The fourth-order valence-corrected chi connectivity index (χ4v) is 3.97. The van der Waals surface area contributed by atoms with E-state index >= 15 is 0 Å². The van der Waals surface area contributed by atoms with Crippen molar-refractivity contribution < 1.29 is 18.8 Å². The van der Waals surface area contributed by atoms with E-state index in [9.17, 15) is 18.8 Å². The molecule has 0 radical (unpaired) electrons. The van der Waals surface area contributed by atoms with E-state index in [0.717, 1.165) is 12.8 Å². The molecule has 0 unspecified atom stereocenters. The zero-order valence-electron chi connectivity index (χ0n) is 17.5. The summed E-state index contributed by atoms with van der Waals surface area (Å²) in [5.74, 6) is -0.883. The van der Waals surface area contributed by atoms with Crippen molar-refractivity contribution in [2.75, 3.05) is 19.8 Å². The molecule has 0 aliphatic carbocycles. The van der Waals surface area contributed by atoms with Gasteiger partial charge in [-0.05, 0) is 38.0 Å². The number of Topliss-reactive ketones (excluding diaryl/α,β-unsaturated/α-hetero) is 2. The number of carbonyl (C=O) groups is 3. The van der Waals surface area contributed by atoms with Gasteiger partial charge in [0, 0.05) is 31.3 Å². The van der Waals surface area contributed by atoms with Gasteiger partial charge < -0.3 is 16.0 Å². The van der Waals surface area contributed by atoms with E-state index in [1.807, 2.05) is 20.8 Å². The normalized spacial score (nSPS) is 18.8. The maximum Gasteiger partial charge on any atom is 0.226 e. The minimum Gasteiger partial charge on any atom is -0.386 e.